The van der Waals surface area contributed by atoms with E-state index in [-0.39, 0.29) is 0 Å². The molecule has 0 N–H and O–H groups in total. The molecule has 0 aliphatic heterocycles. The summed E-state index contributed by atoms with van der Waals surface area (Å²) < 4.78 is 0. The SMILES string of the molecule is CC(C)[Si](C#CC(C#C[Si](C(C)C)(C(C)C)C(C)C)=Cc1ccccc1)(C(C)C)C(C)C. The Morgan fingerprint density at radius 2 is 0.875 bits per heavy atom. The molecule has 0 unspecified atom stereocenters. The number of hydrogen-bond donors (Lipinski definition) is 0. The monoisotopic (exact) mass is 464 g/mol. The third kappa shape index (κ3) is 6.30. The highest BCUT2D eigenvalue weighted by molar-refractivity contribution is 6.91. The second-order valence-corrected chi connectivity index (χ2v) is 22.4. The van der Waals surface area contributed by atoms with Gasteiger partial charge in [-0.15, -0.1) is 11.1 Å². The fourth-order valence-electron chi connectivity index (χ4n) is 6.04. The minimum Gasteiger partial charge on any atom is -0.124 e. The average Bonchev–Trinajstić information content (AvgIpc) is 2.67. The maximum atomic E-state index is 3.91. The molecule has 0 heterocycles. The Labute approximate surface area is 202 Å². The van der Waals surface area contributed by atoms with Gasteiger partial charge in [0.1, 0.15) is 16.1 Å². The van der Waals surface area contributed by atoms with Crippen LogP contribution in [-0.4, -0.2) is 16.1 Å². The number of allylic oxidation sites excluding steroid dienone is 1. The zero-order valence-corrected chi connectivity index (χ0v) is 24.9. The first-order valence-corrected chi connectivity index (χ1v) is 17.1. The molecule has 0 atom stereocenters. The highest BCUT2D eigenvalue weighted by Gasteiger charge is 2.42. The molecule has 0 spiro atoms. The van der Waals surface area contributed by atoms with Gasteiger partial charge in [-0.2, -0.15) is 0 Å². The van der Waals surface area contributed by atoms with Crippen molar-refractivity contribution < 1.29 is 0 Å². The fraction of sp³-hybridized carbons (Fsp3) is 0.600. The van der Waals surface area contributed by atoms with Gasteiger partial charge in [-0.1, -0.05) is 125 Å². The highest BCUT2D eigenvalue weighted by Crippen LogP contribution is 2.42. The molecular formula is C30H48Si2. The molecule has 0 radical (unpaired) electrons. The van der Waals surface area contributed by atoms with Gasteiger partial charge in [0.05, 0.1) is 5.57 Å². The number of rotatable bonds is 7. The second-order valence-electron chi connectivity index (χ2n) is 11.3. The summed E-state index contributed by atoms with van der Waals surface area (Å²) in [5.41, 5.74) is 13.7. The standard InChI is InChI=1S/C30H48Si2/c1-23(2)31(24(3)4,25(5)6)20-18-30(22-29-16-14-13-15-17-29)19-21-32(26(7)8,27(9)10)28(11)12/h13-17,22-28H,1-12H3. The lowest BCUT2D eigenvalue weighted by molar-refractivity contribution is 0.838. The maximum absolute atomic E-state index is 3.91. The zero-order chi connectivity index (χ0) is 24.7. The Morgan fingerprint density at radius 1 is 0.562 bits per heavy atom. The molecule has 0 aromatic heterocycles. The zero-order valence-electron chi connectivity index (χ0n) is 22.9. The molecule has 0 fully saturated rings. The Morgan fingerprint density at radius 3 is 1.16 bits per heavy atom. The summed E-state index contributed by atoms with van der Waals surface area (Å²) in [4.78, 5) is 0. The molecule has 0 bridgehead atoms. The first kappa shape index (κ1) is 28.5. The van der Waals surface area contributed by atoms with Gasteiger partial charge >= 0.3 is 0 Å². The topological polar surface area (TPSA) is 0 Å². The van der Waals surface area contributed by atoms with Crippen LogP contribution >= 0.6 is 0 Å². The summed E-state index contributed by atoms with van der Waals surface area (Å²) in [5.74, 6) is 7.33. The molecule has 0 amide bonds. The quantitative estimate of drug-likeness (QED) is 0.278. The van der Waals surface area contributed by atoms with E-state index in [0.29, 0.717) is 33.2 Å². The van der Waals surface area contributed by atoms with Crippen LogP contribution in [0.3, 0.4) is 0 Å². The van der Waals surface area contributed by atoms with Crippen molar-refractivity contribution in [2.45, 2.75) is 116 Å². The summed E-state index contributed by atoms with van der Waals surface area (Å²) in [5, 5.41) is 0. The lowest BCUT2D eigenvalue weighted by Gasteiger charge is -2.38. The van der Waals surface area contributed by atoms with Crippen molar-refractivity contribution in [3.8, 4) is 22.9 Å². The maximum Gasteiger partial charge on any atom is 0.146 e. The molecule has 0 aliphatic carbocycles. The van der Waals surface area contributed by atoms with Gasteiger partial charge in [-0.05, 0) is 44.9 Å². The number of hydrogen-bond acceptors (Lipinski definition) is 0. The van der Waals surface area contributed by atoms with Gasteiger partial charge < -0.3 is 0 Å². The number of benzene rings is 1. The molecule has 1 rings (SSSR count). The van der Waals surface area contributed by atoms with Crippen LogP contribution in [0.2, 0.25) is 33.2 Å². The molecule has 1 aromatic carbocycles. The largest absolute Gasteiger partial charge is 0.146 e. The van der Waals surface area contributed by atoms with E-state index >= 15 is 0 Å². The summed E-state index contributed by atoms with van der Waals surface area (Å²) in [6.45, 7) is 28.5. The van der Waals surface area contributed by atoms with Crippen molar-refractivity contribution in [1.29, 1.82) is 0 Å². The molecule has 0 aliphatic rings. The fourth-order valence-corrected chi connectivity index (χ4v) is 16.5. The molecule has 2 heteroatoms. The van der Waals surface area contributed by atoms with E-state index in [1.165, 1.54) is 5.56 Å². The summed E-state index contributed by atoms with van der Waals surface area (Å²) >= 11 is 0. The van der Waals surface area contributed by atoms with Crippen molar-refractivity contribution >= 4 is 22.2 Å². The lowest BCUT2D eigenvalue weighted by atomic mass is 10.1. The van der Waals surface area contributed by atoms with Crippen molar-refractivity contribution in [2.75, 3.05) is 0 Å². The van der Waals surface area contributed by atoms with E-state index < -0.39 is 16.1 Å². The molecule has 0 saturated heterocycles. The van der Waals surface area contributed by atoms with Crippen molar-refractivity contribution in [2.24, 2.45) is 0 Å². The van der Waals surface area contributed by atoms with Gasteiger partial charge in [0.25, 0.3) is 0 Å². The van der Waals surface area contributed by atoms with Crippen molar-refractivity contribution in [3.63, 3.8) is 0 Å². The molecule has 0 nitrogen and oxygen atoms in total. The molecular weight excluding hydrogens is 417 g/mol. The van der Waals surface area contributed by atoms with E-state index in [1.807, 2.05) is 0 Å². The van der Waals surface area contributed by atoms with Crippen LogP contribution in [0, 0.1) is 22.9 Å². The Balaban J connectivity index is 3.76. The van der Waals surface area contributed by atoms with Crippen LogP contribution < -0.4 is 0 Å². The van der Waals surface area contributed by atoms with E-state index in [9.17, 15) is 0 Å². The third-order valence-electron chi connectivity index (χ3n) is 7.67. The normalized spacial score (nSPS) is 12.3. The van der Waals surface area contributed by atoms with Gasteiger partial charge in [-0.25, -0.2) is 0 Å². The summed E-state index contributed by atoms with van der Waals surface area (Å²) in [6, 6.07) is 10.6. The minimum absolute atomic E-state index is 0.622. The van der Waals surface area contributed by atoms with E-state index in [0.717, 1.165) is 5.57 Å². The smallest absolute Gasteiger partial charge is 0.124 e. The van der Waals surface area contributed by atoms with Crippen LogP contribution in [0.1, 0.15) is 88.6 Å². The lowest BCUT2D eigenvalue weighted by Crippen LogP contribution is -2.43. The first-order chi connectivity index (χ1) is 14.8. The Bertz CT molecular complexity index is 767. The van der Waals surface area contributed by atoms with Gasteiger partial charge in [0.15, 0.2) is 0 Å². The van der Waals surface area contributed by atoms with Crippen LogP contribution in [-0.2, 0) is 0 Å². The van der Waals surface area contributed by atoms with Gasteiger partial charge in [0, 0.05) is 0 Å². The van der Waals surface area contributed by atoms with Crippen molar-refractivity contribution in [3.05, 3.63) is 41.5 Å². The molecule has 176 valence electrons. The van der Waals surface area contributed by atoms with Gasteiger partial charge in [0.2, 0.25) is 0 Å². The van der Waals surface area contributed by atoms with Crippen LogP contribution in [0.4, 0.5) is 0 Å². The minimum atomic E-state index is -1.81. The average molecular weight is 465 g/mol. The summed E-state index contributed by atoms with van der Waals surface area (Å²) in [6.07, 6.45) is 2.21. The predicted octanol–water partition coefficient (Wildman–Crippen LogP) is 9.51. The van der Waals surface area contributed by atoms with Crippen LogP contribution in [0.25, 0.3) is 6.08 Å². The molecule has 0 saturated carbocycles. The Hall–Kier alpha value is -1.49. The van der Waals surface area contributed by atoms with Crippen LogP contribution in [0.5, 0.6) is 0 Å². The van der Waals surface area contributed by atoms with E-state index in [4.69, 9.17) is 0 Å². The highest BCUT2D eigenvalue weighted by atomic mass is 28.3. The first-order valence-electron chi connectivity index (χ1n) is 12.6. The van der Waals surface area contributed by atoms with Crippen LogP contribution in [0.15, 0.2) is 35.9 Å². The third-order valence-corrected chi connectivity index (χ3v) is 20.3. The predicted molar refractivity (Wildman–Crippen MR) is 152 cm³/mol. The van der Waals surface area contributed by atoms with Crippen molar-refractivity contribution in [1.82, 2.24) is 0 Å². The van der Waals surface area contributed by atoms with E-state index in [1.54, 1.807) is 0 Å². The van der Waals surface area contributed by atoms with Gasteiger partial charge in [-0.3, -0.25) is 0 Å². The molecule has 32 heavy (non-hydrogen) atoms. The molecule has 1 aromatic rings. The van der Waals surface area contributed by atoms with E-state index in [2.05, 4.69) is 142 Å². The second kappa shape index (κ2) is 12.1. The summed E-state index contributed by atoms with van der Waals surface area (Å²) in [7, 11) is -3.61. The Kier molecular flexibility index (Phi) is 10.8.